The van der Waals surface area contributed by atoms with Crippen molar-refractivity contribution in [2.45, 2.75) is 44.7 Å². The van der Waals surface area contributed by atoms with E-state index in [1.807, 2.05) is 11.9 Å². The Hall–Kier alpha value is -0.570. The smallest absolute Gasteiger partial charge is 0.320 e. The molecule has 0 bridgehead atoms. The molecule has 0 aromatic rings. The molecule has 0 aromatic carbocycles. The van der Waals surface area contributed by atoms with E-state index in [9.17, 15) is 4.79 Å². The lowest BCUT2D eigenvalue weighted by Crippen LogP contribution is -2.37. The lowest BCUT2D eigenvalue weighted by atomic mass is 10.1. The van der Waals surface area contributed by atoms with Crippen molar-refractivity contribution in [2.75, 3.05) is 7.05 Å². The van der Waals surface area contributed by atoms with Gasteiger partial charge in [0.1, 0.15) is 6.04 Å². The van der Waals surface area contributed by atoms with Crippen LogP contribution in [0.4, 0.5) is 0 Å². The van der Waals surface area contributed by atoms with E-state index < -0.39 is 5.97 Å². The van der Waals surface area contributed by atoms with E-state index >= 15 is 0 Å². The van der Waals surface area contributed by atoms with Crippen LogP contribution in [0.2, 0.25) is 0 Å². The Labute approximate surface area is 73.4 Å². The number of likely N-dealkylation sites (tertiary alicyclic amines) is 1. The summed E-state index contributed by atoms with van der Waals surface area (Å²) in [5.74, 6) is -0.670. The molecule has 70 valence electrons. The number of carboxylic acids is 1. The molecule has 1 aliphatic heterocycles. The maximum Gasteiger partial charge on any atom is 0.320 e. The van der Waals surface area contributed by atoms with Crippen LogP contribution < -0.4 is 0 Å². The third-order valence-electron chi connectivity index (χ3n) is 2.75. The molecule has 1 rings (SSSR count). The fourth-order valence-electron chi connectivity index (χ4n) is 1.99. The highest BCUT2D eigenvalue weighted by Gasteiger charge is 2.34. The van der Waals surface area contributed by atoms with Gasteiger partial charge in [-0.15, -0.1) is 0 Å². The Kier molecular flexibility index (Phi) is 3.09. The van der Waals surface area contributed by atoms with Crippen molar-refractivity contribution in [1.82, 2.24) is 4.90 Å². The first-order valence-corrected chi connectivity index (χ1v) is 4.61. The Morgan fingerprint density at radius 2 is 2.25 bits per heavy atom. The number of hydrogen-bond acceptors (Lipinski definition) is 2. The summed E-state index contributed by atoms with van der Waals surface area (Å²) in [6.45, 7) is 2.14. The van der Waals surface area contributed by atoms with Gasteiger partial charge in [-0.25, -0.2) is 0 Å². The third-order valence-corrected chi connectivity index (χ3v) is 2.75. The normalized spacial score (nSPS) is 30.8. The molecule has 2 atom stereocenters. The van der Waals surface area contributed by atoms with Crippen LogP contribution in [0.15, 0.2) is 0 Å². The lowest BCUT2D eigenvalue weighted by molar-refractivity contribution is -0.142. The summed E-state index contributed by atoms with van der Waals surface area (Å²) in [7, 11) is 1.92. The molecule has 12 heavy (non-hydrogen) atoms. The summed E-state index contributed by atoms with van der Waals surface area (Å²) in [5.41, 5.74) is 0. The Balaban J connectivity index is 2.48. The first kappa shape index (κ1) is 9.52. The summed E-state index contributed by atoms with van der Waals surface area (Å²) in [5, 5.41) is 8.83. The monoisotopic (exact) mass is 171 g/mol. The molecule has 1 N–H and O–H groups in total. The lowest BCUT2D eigenvalue weighted by Gasteiger charge is -2.22. The zero-order valence-corrected chi connectivity index (χ0v) is 7.79. The second-order valence-electron chi connectivity index (χ2n) is 3.54. The van der Waals surface area contributed by atoms with Crippen LogP contribution in [0.1, 0.15) is 32.6 Å². The minimum atomic E-state index is -0.670. The third kappa shape index (κ3) is 1.78. The number of likely N-dealkylation sites (N-methyl/N-ethyl adjacent to an activating group) is 1. The highest BCUT2D eigenvalue weighted by molar-refractivity contribution is 5.73. The second kappa shape index (κ2) is 3.90. The predicted octanol–water partition coefficient (Wildman–Crippen LogP) is 1.33. The molecule has 0 saturated carbocycles. The molecule has 1 aliphatic rings. The van der Waals surface area contributed by atoms with Crippen molar-refractivity contribution >= 4 is 5.97 Å². The fourth-order valence-corrected chi connectivity index (χ4v) is 1.99. The summed E-state index contributed by atoms with van der Waals surface area (Å²) >= 11 is 0. The van der Waals surface area contributed by atoms with Gasteiger partial charge >= 0.3 is 5.97 Å². The van der Waals surface area contributed by atoms with Gasteiger partial charge in [-0.2, -0.15) is 0 Å². The maximum atomic E-state index is 10.7. The van der Waals surface area contributed by atoms with Gasteiger partial charge in [-0.05, 0) is 26.3 Å². The molecule has 0 amide bonds. The molecular formula is C9H17NO2. The van der Waals surface area contributed by atoms with Crippen molar-refractivity contribution in [2.24, 2.45) is 0 Å². The zero-order valence-electron chi connectivity index (χ0n) is 7.79. The Bertz CT molecular complexity index is 170. The van der Waals surface area contributed by atoms with Crippen LogP contribution in [0, 0.1) is 0 Å². The number of nitrogens with zero attached hydrogens (tertiary/aromatic N) is 1. The van der Waals surface area contributed by atoms with Gasteiger partial charge in [-0.3, -0.25) is 9.69 Å². The average molecular weight is 171 g/mol. The van der Waals surface area contributed by atoms with Gasteiger partial charge in [0.15, 0.2) is 0 Å². The number of hydrogen-bond donors (Lipinski definition) is 1. The summed E-state index contributed by atoms with van der Waals surface area (Å²) in [6, 6.07) is 0.262. The van der Waals surface area contributed by atoms with Gasteiger partial charge in [0.2, 0.25) is 0 Å². The van der Waals surface area contributed by atoms with Gasteiger partial charge in [-0.1, -0.05) is 13.3 Å². The van der Waals surface area contributed by atoms with Crippen molar-refractivity contribution in [3.05, 3.63) is 0 Å². The van der Waals surface area contributed by atoms with E-state index in [0.717, 1.165) is 25.7 Å². The quantitative estimate of drug-likeness (QED) is 0.696. The number of carbonyl (C=O) groups is 1. The fraction of sp³-hybridized carbons (Fsp3) is 0.889. The van der Waals surface area contributed by atoms with Gasteiger partial charge in [0.25, 0.3) is 0 Å². The number of aliphatic carboxylic acids is 1. The number of carboxylic acid groups (broad SMARTS) is 1. The molecule has 0 unspecified atom stereocenters. The number of rotatable bonds is 3. The summed E-state index contributed by atoms with van der Waals surface area (Å²) in [4.78, 5) is 12.7. The largest absolute Gasteiger partial charge is 0.480 e. The Morgan fingerprint density at radius 3 is 2.67 bits per heavy atom. The van der Waals surface area contributed by atoms with Crippen LogP contribution in [0.5, 0.6) is 0 Å². The molecule has 0 aliphatic carbocycles. The molecule has 0 radical (unpaired) electrons. The maximum absolute atomic E-state index is 10.7. The van der Waals surface area contributed by atoms with Crippen LogP contribution in [-0.4, -0.2) is 35.1 Å². The van der Waals surface area contributed by atoms with E-state index in [1.165, 1.54) is 0 Å². The van der Waals surface area contributed by atoms with Crippen molar-refractivity contribution in [3.63, 3.8) is 0 Å². The highest BCUT2D eigenvalue weighted by Crippen LogP contribution is 2.25. The van der Waals surface area contributed by atoms with Crippen LogP contribution in [-0.2, 0) is 4.79 Å². The first-order valence-electron chi connectivity index (χ1n) is 4.61. The van der Waals surface area contributed by atoms with Crippen molar-refractivity contribution in [3.8, 4) is 0 Å². The standard InChI is InChI=1S/C9H17NO2/c1-3-4-7-5-6-8(9(11)12)10(7)2/h7-8H,3-6H2,1-2H3,(H,11,12)/t7-,8-/m0/s1. The molecule has 1 fully saturated rings. The SMILES string of the molecule is CCC[C@H]1CC[C@@H](C(=O)O)N1C. The molecule has 1 heterocycles. The van der Waals surface area contributed by atoms with Crippen LogP contribution in [0.3, 0.4) is 0 Å². The molecule has 0 aromatic heterocycles. The minimum absolute atomic E-state index is 0.235. The highest BCUT2D eigenvalue weighted by atomic mass is 16.4. The summed E-state index contributed by atoms with van der Waals surface area (Å²) in [6.07, 6.45) is 4.12. The average Bonchev–Trinajstić information content (AvgIpc) is 2.34. The van der Waals surface area contributed by atoms with E-state index in [-0.39, 0.29) is 6.04 Å². The molecule has 1 saturated heterocycles. The minimum Gasteiger partial charge on any atom is -0.480 e. The first-order chi connectivity index (χ1) is 5.66. The van der Waals surface area contributed by atoms with Crippen LogP contribution >= 0.6 is 0 Å². The predicted molar refractivity (Wildman–Crippen MR) is 47.1 cm³/mol. The zero-order chi connectivity index (χ0) is 9.14. The van der Waals surface area contributed by atoms with E-state index in [0.29, 0.717) is 6.04 Å². The van der Waals surface area contributed by atoms with Crippen molar-refractivity contribution in [1.29, 1.82) is 0 Å². The Morgan fingerprint density at radius 1 is 1.58 bits per heavy atom. The summed E-state index contributed by atoms with van der Waals surface area (Å²) < 4.78 is 0. The van der Waals surface area contributed by atoms with Gasteiger partial charge in [0, 0.05) is 6.04 Å². The van der Waals surface area contributed by atoms with E-state index in [4.69, 9.17) is 5.11 Å². The van der Waals surface area contributed by atoms with Crippen molar-refractivity contribution < 1.29 is 9.90 Å². The molecule has 3 nitrogen and oxygen atoms in total. The topological polar surface area (TPSA) is 40.5 Å². The second-order valence-corrected chi connectivity index (χ2v) is 3.54. The molecule has 3 heteroatoms. The molecule has 0 spiro atoms. The van der Waals surface area contributed by atoms with E-state index in [1.54, 1.807) is 0 Å². The van der Waals surface area contributed by atoms with Crippen LogP contribution in [0.25, 0.3) is 0 Å². The van der Waals surface area contributed by atoms with E-state index in [2.05, 4.69) is 6.92 Å². The van der Waals surface area contributed by atoms with Gasteiger partial charge in [0.05, 0.1) is 0 Å². The molecular weight excluding hydrogens is 154 g/mol. The van der Waals surface area contributed by atoms with Gasteiger partial charge < -0.3 is 5.11 Å².